The lowest BCUT2D eigenvalue weighted by Crippen LogP contribution is -2.38. The maximum Gasteiger partial charge on any atom is 0.192 e. The highest BCUT2D eigenvalue weighted by Crippen LogP contribution is 2.23. The number of benzene rings is 2. The molecule has 0 amide bonds. The van der Waals surface area contributed by atoms with Crippen LogP contribution in [0.25, 0.3) is 0 Å². The van der Waals surface area contributed by atoms with Crippen molar-refractivity contribution in [1.82, 2.24) is 0 Å². The lowest BCUT2D eigenvalue weighted by molar-refractivity contribution is -0.0460. The summed E-state index contributed by atoms with van der Waals surface area (Å²) in [5.41, 5.74) is 1.74. The van der Waals surface area contributed by atoms with Crippen LogP contribution in [0.1, 0.15) is 22.8 Å². The highest BCUT2D eigenvalue weighted by molar-refractivity contribution is 5.99. The van der Waals surface area contributed by atoms with E-state index < -0.39 is 6.10 Å². The first kappa shape index (κ1) is 18.4. The highest BCUT2D eigenvalue weighted by Gasteiger charge is 2.30. The number of carbonyl (C=O) groups is 1. The van der Waals surface area contributed by atoms with Crippen molar-refractivity contribution in [2.75, 3.05) is 13.7 Å². The molecule has 1 heterocycles. The van der Waals surface area contributed by atoms with E-state index in [1.54, 1.807) is 7.11 Å². The lowest BCUT2D eigenvalue weighted by atomic mass is 9.93. The Balaban J connectivity index is 1.54. The molecule has 0 saturated carbocycles. The molecule has 0 N–H and O–H groups in total. The molecule has 0 spiro atoms. The summed E-state index contributed by atoms with van der Waals surface area (Å²) >= 11 is 0. The van der Waals surface area contributed by atoms with Crippen molar-refractivity contribution in [3.8, 4) is 5.75 Å². The Bertz CT molecular complexity index is 736. The molecule has 2 aromatic carbocycles. The van der Waals surface area contributed by atoms with Crippen LogP contribution in [0.4, 0.5) is 0 Å². The number of hydrogen-bond acceptors (Lipinski definition) is 4. The maximum atomic E-state index is 12.7. The largest absolute Gasteiger partial charge is 0.497 e. The molecule has 0 fully saturated rings. The van der Waals surface area contributed by atoms with Gasteiger partial charge in [-0.05, 0) is 17.7 Å². The Morgan fingerprint density at radius 2 is 1.77 bits per heavy atom. The summed E-state index contributed by atoms with van der Waals surface area (Å²) in [5, 5.41) is 0. The SMILES string of the molecule is COc1ccc(COC[C@@H]2C=C[C@H](C)[C@@H](C(=O)c3ccccc3)O2)cc1. The van der Waals surface area contributed by atoms with Crippen LogP contribution in [0, 0.1) is 5.92 Å². The second-order valence-corrected chi connectivity index (χ2v) is 6.43. The van der Waals surface area contributed by atoms with E-state index in [0.717, 1.165) is 11.3 Å². The van der Waals surface area contributed by atoms with Gasteiger partial charge in [-0.2, -0.15) is 0 Å². The summed E-state index contributed by atoms with van der Waals surface area (Å²) in [6.07, 6.45) is 3.32. The quantitative estimate of drug-likeness (QED) is 0.557. The fourth-order valence-electron chi connectivity index (χ4n) is 2.93. The van der Waals surface area contributed by atoms with Crippen molar-refractivity contribution in [2.45, 2.75) is 25.7 Å². The summed E-state index contributed by atoms with van der Waals surface area (Å²) in [4.78, 5) is 12.7. The minimum atomic E-state index is -0.475. The van der Waals surface area contributed by atoms with Gasteiger partial charge in [0.1, 0.15) is 11.9 Å². The monoisotopic (exact) mass is 352 g/mol. The fourth-order valence-corrected chi connectivity index (χ4v) is 2.93. The molecule has 0 radical (unpaired) electrons. The second kappa shape index (κ2) is 8.79. The van der Waals surface area contributed by atoms with E-state index in [4.69, 9.17) is 14.2 Å². The van der Waals surface area contributed by atoms with Gasteiger partial charge in [-0.15, -0.1) is 0 Å². The van der Waals surface area contributed by atoms with Gasteiger partial charge in [0.15, 0.2) is 5.78 Å². The molecule has 2 aromatic rings. The predicted molar refractivity (Wildman–Crippen MR) is 100 cm³/mol. The molecular weight excluding hydrogens is 328 g/mol. The van der Waals surface area contributed by atoms with E-state index >= 15 is 0 Å². The average molecular weight is 352 g/mol. The fraction of sp³-hybridized carbons (Fsp3) is 0.318. The number of ketones is 1. The number of carbonyl (C=O) groups excluding carboxylic acids is 1. The van der Waals surface area contributed by atoms with Crippen molar-refractivity contribution in [2.24, 2.45) is 5.92 Å². The lowest BCUT2D eigenvalue weighted by Gasteiger charge is -2.29. The first-order valence-corrected chi connectivity index (χ1v) is 8.81. The van der Waals surface area contributed by atoms with Gasteiger partial charge >= 0.3 is 0 Å². The molecule has 1 aliphatic heterocycles. The number of Topliss-reactive ketones (excluding diaryl/α,β-unsaturated/α-hetero) is 1. The van der Waals surface area contributed by atoms with Crippen molar-refractivity contribution in [3.05, 3.63) is 77.9 Å². The molecule has 4 nitrogen and oxygen atoms in total. The Hall–Kier alpha value is -2.43. The summed E-state index contributed by atoms with van der Waals surface area (Å²) in [7, 11) is 1.65. The first-order valence-electron chi connectivity index (χ1n) is 8.81. The zero-order chi connectivity index (χ0) is 18.4. The standard InChI is InChI=1S/C22H24O4/c1-16-8-11-20(15-25-14-17-9-12-19(24-2)13-10-17)26-22(16)21(23)18-6-4-3-5-7-18/h3-13,16,20,22H,14-15H2,1-2H3/t16-,20-,22-/m0/s1. The number of ether oxygens (including phenoxy) is 3. The topological polar surface area (TPSA) is 44.8 Å². The zero-order valence-corrected chi connectivity index (χ0v) is 15.1. The molecule has 0 aromatic heterocycles. The van der Waals surface area contributed by atoms with Gasteiger partial charge in [0.05, 0.1) is 26.4 Å². The van der Waals surface area contributed by atoms with Crippen LogP contribution in [-0.2, 0) is 16.1 Å². The molecule has 1 aliphatic rings. The van der Waals surface area contributed by atoms with Crippen LogP contribution in [-0.4, -0.2) is 31.7 Å². The minimum absolute atomic E-state index is 0.0163. The van der Waals surface area contributed by atoms with E-state index in [9.17, 15) is 4.79 Å². The van der Waals surface area contributed by atoms with Crippen molar-refractivity contribution >= 4 is 5.78 Å². The number of hydrogen-bond donors (Lipinski definition) is 0. The highest BCUT2D eigenvalue weighted by atomic mass is 16.5. The average Bonchev–Trinajstić information content (AvgIpc) is 2.70. The van der Waals surface area contributed by atoms with Gasteiger partial charge in [0, 0.05) is 11.5 Å². The van der Waals surface area contributed by atoms with Gasteiger partial charge in [-0.3, -0.25) is 4.79 Å². The van der Waals surface area contributed by atoms with Gasteiger partial charge in [0.2, 0.25) is 0 Å². The molecule has 0 aliphatic carbocycles. The van der Waals surface area contributed by atoms with Crippen LogP contribution >= 0.6 is 0 Å². The summed E-state index contributed by atoms with van der Waals surface area (Å²) in [5.74, 6) is 0.881. The van der Waals surface area contributed by atoms with Gasteiger partial charge in [-0.25, -0.2) is 0 Å². The van der Waals surface area contributed by atoms with Crippen LogP contribution in [0.15, 0.2) is 66.7 Å². The molecule has 0 bridgehead atoms. The molecule has 3 atom stereocenters. The number of methoxy groups -OCH3 is 1. The molecule has 0 saturated heterocycles. The molecule has 3 rings (SSSR count). The Morgan fingerprint density at radius 1 is 1.04 bits per heavy atom. The van der Waals surface area contributed by atoms with Crippen molar-refractivity contribution in [1.29, 1.82) is 0 Å². The molecule has 136 valence electrons. The number of rotatable bonds is 7. The first-order chi connectivity index (χ1) is 12.7. The molecule has 0 unspecified atom stereocenters. The van der Waals surface area contributed by atoms with Gasteiger partial charge < -0.3 is 14.2 Å². The van der Waals surface area contributed by atoms with Gasteiger partial charge in [0.25, 0.3) is 0 Å². The summed E-state index contributed by atoms with van der Waals surface area (Å²) in [6.45, 7) is 2.90. The Kier molecular flexibility index (Phi) is 6.21. The van der Waals surface area contributed by atoms with E-state index in [-0.39, 0.29) is 17.8 Å². The molecule has 4 heteroatoms. The maximum absolute atomic E-state index is 12.7. The van der Waals surface area contributed by atoms with Crippen LogP contribution in [0.5, 0.6) is 5.75 Å². The summed E-state index contributed by atoms with van der Waals surface area (Å²) < 4.78 is 16.9. The van der Waals surface area contributed by atoms with Gasteiger partial charge in [-0.1, -0.05) is 61.5 Å². The third-order valence-electron chi connectivity index (χ3n) is 4.45. The van der Waals surface area contributed by atoms with Crippen LogP contribution in [0.2, 0.25) is 0 Å². The third-order valence-corrected chi connectivity index (χ3v) is 4.45. The third kappa shape index (κ3) is 4.59. The second-order valence-electron chi connectivity index (χ2n) is 6.43. The van der Waals surface area contributed by atoms with Crippen molar-refractivity contribution < 1.29 is 19.0 Å². The smallest absolute Gasteiger partial charge is 0.192 e. The minimum Gasteiger partial charge on any atom is -0.497 e. The van der Waals surface area contributed by atoms with E-state index in [0.29, 0.717) is 18.8 Å². The molecule has 26 heavy (non-hydrogen) atoms. The molecular formula is C22H24O4. The van der Waals surface area contributed by atoms with E-state index in [2.05, 4.69) is 0 Å². The van der Waals surface area contributed by atoms with Crippen LogP contribution < -0.4 is 4.74 Å². The van der Waals surface area contributed by atoms with Crippen LogP contribution in [0.3, 0.4) is 0 Å². The summed E-state index contributed by atoms with van der Waals surface area (Å²) in [6, 6.07) is 17.0. The zero-order valence-electron chi connectivity index (χ0n) is 15.1. The van der Waals surface area contributed by atoms with E-state index in [1.807, 2.05) is 73.7 Å². The van der Waals surface area contributed by atoms with Crippen molar-refractivity contribution in [3.63, 3.8) is 0 Å². The Labute approximate surface area is 154 Å². The van der Waals surface area contributed by atoms with E-state index in [1.165, 1.54) is 0 Å². The normalized spacial score (nSPS) is 22.2. The predicted octanol–water partition coefficient (Wildman–Crippen LogP) is 4.05. The Morgan fingerprint density at radius 3 is 2.46 bits per heavy atom.